The largest absolute Gasteiger partial charge is 0.469 e. The van der Waals surface area contributed by atoms with Crippen molar-refractivity contribution in [2.75, 3.05) is 6.61 Å². The summed E-state index contributed by atoms with van der Waals surface area (Å²) in [6.45, 7) is -0.580. The Morgan fingerprint density at radius 2 is 1.96 bits per heavy atom. The second kappa shape index (κ2) is 5.81. The molecule has 0 bridgehead atoms. The van der Waals surface area contributed by atoms with Crippen LogP contribution >= 0.6 is 7.82 Å². The van der Waals surface area contributed by atoms with Crippen LogP contribution in [0.3, 0.4) is 0 Å². The van der Waals surface area contributed by atoms with Crippen LogP contribution in [0.15, 0.2) is 25.0 Å². The van der Waals surface area contributed by atoms with Crippen molar-refractivity contribution in [2.24, 2.45) is 0 Å². The summed E-state index contributed by atoms with van der Waals surface area (Å²) in [7, 11) is -4.72. The molecule has 1 aliphatic rings. The molecule has 1 fully saturated rings. The number of aromatic nitrogens is 5. The first-order valence-electron chi connectivity index (χ1n) is 7.21. The molecule has 12 nitrogen and oxygen atoms in total. The number of hydrogen-bond acceptors (Lipinski definition) is 8. The third-order valence-electron chi connectivity index (χ3n) is 3.97. The van der Waals surface area contributed by atoms with E-state index in [1.807, 2.05) is 0 Å². The summed E-state index contributed by atoms with van der Waals surface area (Å²) in [6, 6.07) is 0. The second-order valence-electron chi connectivity index (χ2n) is 5.56. The van der Waals surface area contributed by atoms with Crippen LogP contribution in [0, 0.1) is 0 Å². The van der Waals surface area contributed by atoms with E-state index in [1.165, 1.54) is 17.2 Å². The van der Waals surface area contributed by atoms with Crippen LogP contribution in [-0.2, 0) is 13.8 Å². The maximum absolute atomic E-state index is 10.8. The van der Waals surface area contributed by atoms with Crippen molar-refractivity contribution in [1.29, 1.82) is 0 Å². The number of aliphatic hydroxyl groups is 2. The summed E-state index contributed by atoms with van der Waals surface area (Å²) in [5, 5.41) is 20.3. The zero-order chi connectivity index (χ0) is 17.8. The third kappa shape index (κ3) is 2.83. The predicted octanol–water partition coefficient (Wildman–Crippen LogP) is -1.19. The molecule has 3 aromatic rings. The van der Waals surface area contributed by atoms with Crippen molar-refractivity contribution in [3.05, 3.63) is 25.0 Å². The monoisotopic (exact) mass is 371 g/mol. The van der Waals surface area contributed by atoms with E-state index in [-0.39, 0.29) is 0 Å². The molecule has 0 amide bonds. The third-order valence-corrected chi connectivity index (χ3v) is 4.46. The molecule has 4 rings (SSSR count). The van der Waals surface area contributed by atoms with Gasteiger partial charge in [-0.1, -0.05) is 0 Å². The molecule has 0 aliphatic carbocycles. The van der Waals surface area contributed by atoms with Gasteiger partial charge in [0.05, 0.1) is 12.9 Å². The highest BCUT2D eigenvalue weighted by Crippen LogP contribution is 2.38. The van der Waals surface area contributed by atoms with Crippen molar-refractivity contribution < 1.29 is 33.8 Å². The molecule has 134 valence electrons. The van der Waals surface area contributed by atoms with Gasteiger partial charge in [-0.15, -0.1) is 0 Å². The topological polar surface area (TPSA) is 164 Å². The van der Waals surface area contributed by atoms with Gasteiger partial charge < -0.3 is 24.7 Å². The molecule has 1 saturated heterocycles. The first-order chi connectivity index (χ1) is 11.8. The Bertz CT molecular complexity index is 967. The Kier molecular flexibility index (Phi) is 3.85. The number of phosphoric acid groups is 1. The maximum atomic E-state index is 10.8. The van der Waals surface area contributed by atoms with Gasteiger partial charge in [0.1, 0.15) is 24.6 Å². The fraction of sp³-hybridized carbons (Fsp3) is 0.417. The van der Waals surface area contributed by atoms with Gasteiger partial charge in [0.25, 0.3) is 0 Å². The number of hydrogen-bond donors (Lipinski definition) is 4. The second-order valence-corrected chi connectivity index (χ2v) is 6.80. The van der Waals surface area contributed by atoms with E-state index in [0.29, 0.717) is 16.8 Å². The van der Waals surface area contributed by atoms with Gasteiger partial charge in [-0.2, -0.15) is 0 Å². The van der Waals surface area contributed by atoms with Gasteiger partial charge in [-0.25, -0.2) is 19.5 Å². The van der Waals surface area contributed by atoms with Crippen LogP contribution in [0.5, 0.6) is 0 Å². The lowest BCUT2D eigenvalue weighted by molar-refractivity contribution is -0.0504. The zero-order valence-electron chi connectivity index (χ0n) is 12.5. The molecule has 0 spiro atoms. The molecule has 25 heavy (non-hydrogen) atoms. The van der Waals surface area contributed by atoms with Crippen molar-refractivity contribution in [2.45, 2.75) is 24.5 Å². The molecule has 0 aromatic carbocycles. The lowest BCUT2D eigenvalue weighted by Crippen LogP contribution is -2.33. The fourth-order valence-corrected chi connectivity index (χ4v) is 3.14. The average Bonchev–Trinajstić information content (AvgIpc) is 3.23. The minimum absolute atomic E-state index is 0.381. The molecule has 3 aromatic heterocycles. The summed E-state index contributed by atoms with van der Waals surface area (Å²) < 4.78 is 23.8. The molecule has 13 heteroatoms. The standard InChI is InChI=1S/C12H14N5O7P/c18-8-6(3-23-25(20,21)22)24-12(9(8)19)17-5-14-7-10-13-1-2-16(10)4-15-11(7)17/h1-2,4-6,8-9,12,18-19H,3H2,(H2,20,21,22). The Hall–Kier alpha value is -1.92. The molecule has 4 atom stereocenters. The van der Waals surface area contributed by atoms with E-state index < -0.39 is 39.0 Å². The quantitative estimate of drug-likeness (QED) is 0.410. The van der Waals surface area contributed by atoms with E-state index in [0.717, 1.165) is 0 Å². The van der Waals surface area contributed by atoms with Crippen LogP contribution < -0.4 is 0 Å². The van der Waals surface area contributed by atoms with Crippen LogP contribution in [0.25, 0.3) is 16.8 Å². The van der Waals surface area contributed by atoms with Crippen molar-refractivity contribution in [3.8, 4) is 0 Å². The van der Waals surface area contributed by atoms with Crippen LogP contribution in [-0.4, -0.2) is 68.8 Å². The predicted molar refractivity (Wildman–Crippen MR) is 80.2 cm³/mol. The van der Waals surface area contributed by atoms with E-state index in [4.69, 9.17) is 14.5 Å². The molecule has 4 N–H and O–H groups in total. The van der Waals surface area contributed by atoms with E-state index in [1.54, 1.807) is 16.8 Å². The molecule has 0 saturated carbocycles. The van der Waals surface area contributed by atoms with Gasteiger partial charge in [0.2, 0.25) is 0 Å². The molecule has 4 heterocycles. The first kappa shape index (κ1) is 16.5. The number of phosphoric ester groups is 1. The van der Waals surface area contributed by atoms with Crippen molar-refractivity contribution in [1.82, 2.24) is 23.9 Å². The molecule has 1 aliphatic heterocycles. The van der Waals surface area contributed by atoms with Gasteiger partial charge >= 0.3 is 7.82 Å². The van der Waals surface area contributed by atoms with E-state index in [2.05, 4.69) is 19.5 Å². The first-order valence-corrected chi connectivity index (χ1v) is 8.74. The van der Waals surface area contributed by atoms with Gasteiger partial charge in [0, 0.05) is 12.4 Å². The summed E-state index contributed by atoms with van der Waals surface area (Å²) in [4.78, 5) is 30.2. The number of ether oxygens (including phenoxy) is 1. The number of aliphatic hydroxyl groups excluding tert-OH is 2. The fourth-order valence-electron chi connectivity index (χ4n) is 2.80. The van der Waals surface area contributed by atoms with Crippen LogP contribution in [0.1, 0.15) is 6.23 Å². The highest BCUT2D eigenvalue weighted by atomic mass is 31.2. The number of fused-ring (bicyclic) bond motifs is 3. The van der Waals surface area contributed by atoms with Crippen molar-refractivity contribution >= 4 is 24.6 Å². The molecule has 0 radical (unpaired) electrons. The number of rotatable bonds is 4. The van der Waals surface area contributed by atoms with Crippen molar-refractivity contribution in [3.63, 3.8) is 0 Å². The minimum atomic E-state index is -4.72. The summed E-state index contributed by atoms with van der Waals surface area (Å²) in [5.41, 5.74) is 1.43. The molecular formula is C12H14N5O7P. The molecule has 4 unspecified atom stereocenters. The summed E-state index contributed by atoms with van der Waals surface area (Å²) >= 11 is 0. The smallest absolute Gasteiger partial charge is 0.387 e. The SMILES string of the molecule is O=P(O)(O)OCC1OC(n2cnc3c2ncn2ccnc32)C(O)C1O. The van der Waals surface area contributed by atoms with Crippen LogP contribution in [0.2, 0.25) is 0 Å². The van der Waals surface area contributed by atoms with Gasteiger partial charge in [0.15, 0.2) is 23.0 Å². The lowest BCUT2D eigenvalue weighted by atomic mass is 10.1. The van der Waals surface area contributed by atoms with Gasteiger partial charge in [-0.3, -0.25) is 13.5 Å². The van der Waals surface area contributed by atoms with Gasteiger partial charge in [-0.05, 0) is 0 Å². The summed E-state index contributed by atoms with van der Waals surface area (Å²) in [5.74, 6) is 0. The Balaban J connectivity index is 1.65. The zero-order valence-corrected chi connectivity index (χ0v) is 13.4. The number of nitrogens with zero attached hydrogens (tertiary/aromatic N) is 5. The number of imidazole rings is 2. The average molecular weight is 371 g/mol. The lowest BCUT2D eigenvalue weighted by Gasteiger charge is -2.16. The maximum Gasteiger partial charge on any atom is 0.469 e. The summed E-state index contributed by atoms with van der Waals surface area (Å²) in [6.07, 6.45) is 1.28. The highest BCUT2D eigenvalue weighted by Gasteiger charge is 2.45. The Morgan fingerprint density at radius 1 is 1.16 bits per heavy atom. The Morgan fingerprint density at radius 3 is 2.72 bits per heavy atom. The normalized spacial score (nSPS) is 27.5. The van der Waals surface area contributed by atoms with E-state index >= 15 is 0 Å². The highest BCUT2D eigenvalue weighted by molar-refractivity contribution is 7.46. The Labute approximate surface area is 139 Å². The minimum Gasteiger partial charge on any atom is -0.387 e. The van der Waals surface area contributed by atoms with Crippen LogP contribution in [0.4, 0.5) is 0 Å². The van der Waals surface area contributed by atoms with E-state index in [9.17, 15) is 14.8 Å². The molecular weight excluding hydrogens is 357 g/mol.